The second kappa shape index (κ2) is 7.95. The molecule has 0 aliphatic heterocycles. The molecule has 0 saturated carbocycles. The molecule has 1 aliphatic carbocycles. The lowest BCUT2D eigenvalue weighted by Gasteiger charge is -2.32. The predicted octanol–water partition coefficient (Wildman–Crippen LogP) is 4.65. The van der Waals surface area contributed by atoms with Gasteiger partial charge in [0.2, 0.25) is 0 Å². The van der Waals surface area contributed by atoms with Crippen LogP contribution in [0.25, 0.3) is 0 Å². The van der Waals surface area contributed by atoms with Crippen LogP contribution in [0.2, 0.25) is 5.02 Å². The van der Waals surface area contributed by atoms with Gasteiger partial charge in [-0.05, 0) is 80.2 Å². The summed E-state index contributed by atoms with van der Waals surface area (Å²) < 4.78 is 27.7. The van der Waals surface area contributed by atoms with Crippen LogP contribution in [-0.4, -0.2) is 36.1 Å². The number of carbonyl (C=O) groups is 1. The highest BCUT2D eigenvalue weighted by Crippen LogP contribution is 2.48. The van der Waals surface area contributed by atoms with Gasteiger partial charge in [-0.3, -0.25) is 9.69 Å². The molecule has 1 N–H and O–H groups in total. The van der Waals surface area contributed by atoms with Crippen molar-refractivity contribution < 1.29 is 18.7 Å². The van der Waals surface area contributed by atoms with Crippen molar-refractivity contribution >= 4 is 17.6 Å². The average Bonchev–Trinajstić information content (AvgIpc) is 2.94. The van der Waals surface area contributed by atoms with Crippen LogP contribution in [0.15, 0.2) is 36.4 Å². The Morgan fingerprint density at radius 3 is 2.56 bits per heavy atom. The number of hydrogen-bond donors (Lipinski definition) is 1. The molecule has 0 fully saturated rings. The SMILES string of the molecule is CN(CCCC1(c2ccc(Cl)cc2)CCc2cc(F)c(F)cc21)CC(=O)O. The lowest BCUT2D eigenvalue weighted by Crippen LogP contribution is -2.30. The normalized spacial score (nSPS) is 18.7. The maximum atomic E-state index is 14.0. The molecule has 3 rings (SSSR count). The summed E-state index contributed by atoms with van der Waals surface area (Å²) in [4.78, 5) is 12.6. The van der Waals surface area contributed by atoms with Gasteiger partial charge in [0.25, 0.3) is 0 Å². The Balaban J connectivity index is 1.92. The minimum absolute atomic E-state index is 0.0234. The smallest absolute Gasteiger partial charge is 0.317 e. The highest BCUT2D eigenvalue weighted by atomic mass is 35.5. The van der Waals surface area contributed by atoms with Gasteiger partial charge in [0.15, 0.2) is 11.6 Å². The van der Waals surface area contributed by atoms with Crippen LogP contribution in [-0.2, 0) is 16.6 Å². The monoisotopic (exact) mass is 393 g/mol. The fraction of sp³-hybridized carbons (Fsp3) is 0.381. The zero-order chi connectivity index (χ0) is 19.6. The number of benzene rings is 2. The zero-order valence-electron chi connectivity index (χ0n) is 15.1. The minimum atomic E-state index is -0.867. The Hall–Kier alpha value is -1.98. The first-order valence-corrected chi connectivity index (χ1v) is 9.34. The fourth-order valence-corrected chi connectivity index (χ4v) is 4.28. The van der Waals surface area contributed by atoms with Gasteiger partial charge in [0, 0.05) is 10.4 Å². The molecule has 1 unspecified atom stereocenters. The first-order valence-electron chi connectivity index (χ1n) is 8.96. The Bertz CT molecular complexity index is 841. The van der Waals surface area contributed by atoms with E-state index < -0.39 is 23.0 Å². The van der Waals surface area contributed by atoms with E-state index in [-0.39, 0.29) is 6.54 Å². The molecule has 0 saturated heterocycles. The van der Waals surface area contributed by atoms with Crippen molar-refractivity contribution in [2.45, 2.75) is 31.1 Å². The second-order valence-corrected chi connectivity index (χ2v) is 7.68. The van der Waals surface area contributed by atoms with Crippen molar-refractivity contribution in [3.63, 3.8) is 0 Å². The van der Waals surface area contributed by atoms with Gasteiger partial charge < -0.3 is 5.11 Å². The number of halogens is 3. The van der Waals surface area contributed by atoms with Crippen LogP contribution in [0.3, 0.4) is 0 Å². The molecule has 1 aliphatic rings. The summed E-state index contributed by atoms with van der Waals surface area (Å²) in [6, 6.07) is 10.1. The molecule has 0 bridgehead atoms. The van der Waals surface area contributed by atoms with Crippen LogP contribution < -0.4 is 0 Å². The van der Waals surface area contributed by atoms with Crippen LogP contribution >= 0.6 is 11.6 Å². The van der Waals surface area contributed by atoms with Gasteiger partial charge >= 0.3 is 5.97 Å². The summed E-state index contributed by atoms with van der Waals surface area (Å²) in [5.74, 6) is -2.52. The number of likely N-dealkylation sites (N-methyl/N-ethyl adjacent to an activating group) is 1. The minimum Gasteiger partial charge on any atom is -0.480 e. The van der Waals surface area contributed by atoms with Gasteiger partial charge in [0.05, 0.1) is 6.54 Å². The van der Waals surface area contributed by atoms with E-state index in [0.29, 0.717) is 18.0 Å². The van der Waals surface area contributed by atoms with Crippen molar-refractivity contribution in [1.29, 1.82) is 0 Å². The molecule has 0 spiro atoms. The number of aryl methyl sites for hydroxylation is 1. The number of rotatable bonds is 7. The first-order chi connectivity index (χ1) is 12.8. The van der Waals surface area contributed by atoms with E-state index in [0.717, 1.165) is 36.0 Å². The quantitative estimate of drug-likeness (QED) is 0.744. The number of hydrogen-bond acceptors (Lipinski definition) is 2. The van der Waals surface area contributed by atoms with E-state index in [9.17, 15) is 13.6 Å². The summed E-state index contributed by atoms with van der Waals surface area (Å²) in [7, 11) is 1.76. The highest BCUT2D eigenvalue weighted by Gasteiger charge is 2.40. The van der Waals surface area contributed by atoms with Gasteiger partial charge in [-0.2, -0.15) is 0 Å². The molecular weight excluding hydrogens is 372 g/mol. The van der Waals surface area contributed by atoms with Crippen molar-refractivity contribution in [2.75, 3.05) is 20.1 Å². The van der Waals surface area contributed by atoms with Crippen LogP contribution in [0, 0.1) is 11.6 Å². The average molecular weight is 394 g/mol. The van der Waals surface area contributed by atoms with Gasteiger partial charge in [-0.15, -0.1) is 0 Å². The Morgan fingerprint density at radius 2 is 1.89 bits per heavy atom. The molecule has 27 heavy (non-hydrogen) atoms. The van der Waals surface area contributed by atoms with Crippen molar-refractivity contribution in [2.24, 2.45) is 0 Å². The van der Waals surface area contributed by atoms with Crippen molar-refractivity contribution in [1.82, 2.24) is 4.90 Å². The van der Waals surface area contributed by atoms with E-state index in [4.69, 9.17) is 16.7 Å². The summed E-state index contributed by atoms with van der Waals surface area (Å²) in [5, 5.41) is 9.53. The number of carboxylic acid groups (broad SMARTS) is 1. The van der Waals surface area contributed by atoms with E-state index in [1.807, 2.05) is 24.3 Å². The molecular formula is C21H22ClF2NO2. The molecule has 6 heteroatoms. The number of aliphatic carboxylic acids is 1. The van der Waals surface area contributed by atoms with Gasteiger partial charge in [-0.1, -0.05) is 23.7 Å². The van der Waals surface area contributed by atoms with E-state index in [1.54, 1.807) is 11.9 Å². The van der Waals surface area contributed by atoms with Crippen molar-refractivity contribution in [3.8, 4) is 0 Å². The number of nitrogens with zero attached hydrogens (tertiary/aromatic N) is 1. The van der Waals surface area contributed by atoms with Crippen LogP contribution in [0.1, 0.15) is 36.0 Å². The molecule has 1 atom stereocenters. The lowest BCUT2D eigenvalue weighted by molar-refractivity contribution is -0.137. The third kappa shape index (κ3) is 4.14. The standard InChI is InChI=1S/C21H22ClF2NO2/c1-25(13-20(26)27)10-2-8-21(15-3-5-16(22)6-4-15)9-7-14-11-18(23)19(24)12-17(14)21/h3-6,11-12H,2,7-10,13H2,1H3,(H,26,27). The van der Waals surface area contributed by atoms with Gasteiger partial charge in [0.1, 0.15) is 0 Å². The van der Waals surface area contributed by atoms with E-state index >= 15 is 0 Å². The molecule has 144 valence electrons. The maximum Gasteiger partial charge on any atom is 0.317 e. The molecule has 3 nitrogen and oxygen atoms in total. The van der Waals surface area contributed by atoms with Gasteiger partial charge in [-0.25, -0.2) is 8.78 Å². The predicted molar refractivity (Wildman–Crippen MR) is 101 cm³/mol. The number of carboxylic acids is 1. The van der Waals surface area contributed by atoms with E-state index in [1.165, 1.54) is 12.1 Å². The Morgan fingerprint density at radius 1 is 1.22 bits per heavy atom. The Kier molecular flexibility index (Phi) is 5.82. The molecule has 2 aromatic carbocycles. The molecule has 0 aromatic heterocycles. The van der Waals surface area contributed by atoms with Crippen LogP contribution in [0.4, 0.5) is 8.78 Å². The fourth-order valence-electron chi connectivity index (χ4n) is 4.16. The maximum absolute atomic E-state index is 14.0. The third-order valence-corrected chi connectivity index (χ3v) is 5.68. The highest BCUT2D eigenvalue weighted by molar-refractivity contribution is 6.30. The molecule has 2 aromatic rings. The Labute approximate surface area is 162 Å². The first kappa shape index (κ1) is 19.8. The summed E-state index contributed by atoms with van der Waals surface area (Å²) in [5.41, 5.74) is 2.27. The van der Waals surface area contributed by atoms with Crippen molar-refractivity contribution in [3.05, 3.63) is 69.7 Å². The summed E-state index contributed by atoms with van der Waals surface area (Å²) in [6.07, 6.45) is 2.90. The molecule has 0 amide bonds. The number of fused-ring (bicyclic) bond motifs is 1. The topological polar surface area (TPSA) is 40.5 Å². The third-order valence-electron chi connectivity index (χ3n) is 5.43. The van der Waals surface area contributed by atoms with E-state index in [2.05, 4.69) is 0 Å². The van der Waals surface area contributed by atoms with Crippen LogP contribution in [0.5, 0.6) is 0 Å². The lowest BCUT2D eigenvalue weighted by atomic mass is 9.72. The largest absolute Gasteiger partial charge is 0.480 e. The molecule has 0 radical (unpaired) electrons. The summed E-state index contributed by atoms with van der Waals surface area (Å²) in [6.45, 7) is 0.588. The second-order valence-electron chi connectivity index (χ2n) is 7.25. The summed E-state index contributed by atoms with van der Waals surface area (Å²) >= 11 is 6.03. The molecule has 0 heterocycles. The zero-order valence-corrected chi connectivity index (χ0v) is 15.9.